The van der Waals surface area contributed by atoms with E-state index in [2.05, 4.69) is 11.9 Å². The van der Waals surface area contributed by atoms with Gasteiger partial charge in [-0.1, -0.05) is 6.92 Å². The number of pyridine rings is 1. The molecular formula is C16H24N2O2. The van der Waals surface area contributed by atoms with Crippen molar-refractivity contribution in [2.24, 2.45) is 5.92 Å². The van der Waals surface area contributed by atoms with E-state index >= 15 is 0 Å². The first-order valence-electron chi connectivity index (χ1n) is 7.48. The number of rotatable bonds is 4. The molecule has 1 amide bonds. The maximum atomic E-state index is 12.6. The van der Waals surface area contributed by atoms with Crippen LogP contribution in [0.4, 0.5) is 0 Å². The van der Waals surface area contributed by atoms with Crippen molar-refractivity contribution in [3.8, 4) is 5.88 Å². The first-order valence-corrected chi connectivity index (χ1v) is 7.48. The van der Waals surface area contributed by atoms with Crippen LogP contribution in [0.15, 0.2) is 18.3 Å². The lowest BCUT2D eigenvalue weighted by atomic mass is 9.86. The second kappa shape index (κ2) is 6.73. The van der Waals surface area contributed by atoms with E-state index in [1.807, 2.05) is 18.9 Å². The Morgan fingerprint density at radius 2 is 2.10 bits per heavy atom. The molecule has 0 N–H and O–H groups in total. The molecule has 2 rings (SSSR count). The lowest BCUT2D eigenvalue weighted by Gasteiger charge is -2.33. The highest BCUT2D eigenvalue weighted by molar-refractivity contribution is 5.96. The molecule has 1 aromatic heterocycles. The van der Waals surface area contributed by atoms with Crippen LogP contribution in [0, 0.1) is 5.92 Å². The molecule has 1 aliphatic rings. The van der Waals surface area contributed by atoms with Gasteiger partial charge in [0, 0.05) is 19.3 Å². The molecule has 0 spiro atoms. The van der Waals surface area contributed by atoms with Gasteiger partial charge in [-0.25, -0.2) is 4.98 Å². The minimum atomic E-state index is 0.0149. The zero-order valence-electron chi connectivity index (χ0n) is 12.6. The van der Waals surface area contributed by atoms with Gasteiger partial charge in [-0.3, -0.25) is 4.79 Å². The summed E-state index contributed by atoms with van der Waals surface area (Å²) in [5.74, 6) is 1.24. The predicted molar refractivity (Wildman–Crippen MR) is 78.9 cm³/mol. The number of ether oxygens (including phenoxy) is 1. The van der Waals surface area contributed by atoms with Gasteiger partial charge in [0.2, 0.25) is 5.88 Å². The van der Waals surface area contributed by atoms with Crippen molar-refractivity contribution in [3.63, 3.8) is 0 Å². The average Bonchev–Trinajstić information content (AvgIpc) is 2.47. The van der Waals surface area contributed by atoms with Crippen LogP contribution in [0.1, 0.15) is 49.9 Å². The van der Waals surface area contributed by atoms with E-state index in [9.17, 15) is 4.79 Å². The summed E-state index contributed by atoms with van der Waals surface area (Å²) < 4.78 is 5.45. The van der Waals surface area contributed by atoms with Gasteiger partial charge in [0.1, 0.15) is 5.56 Å². The van der Waals surface area contributed by atoms with Crippen LogP contribution in [0.3, 0.4) is 0 Å². The van der Waals surface area contributed by atoms with E-state index < -0.39 is 0 Å². The molecule has 1 aliphatic carbocycles. The third-order valence-electron chi connectivity index (χ3n) is 4.14. The van der Waals surface area contributed by atoms with Gasteiger partial charge in [0.25, 0.3) is 5.91 Å². The summed E-state index contributed by atoms with van der Waals surface area (Å²) in [6.45, 7) is 4.70. The highest BCUT2D eigenvalue weighted by Gasteiger charge is 2.27. The first-order chi connectivity index (χ1) is 9.63. The Morgan fingerprint density at radius 3 is 2.75 bits per heavy atom. The quantitative estimate of drug-likeness (QED) is 0.848. The van der Waals surface area contributed by atoms with Crippen LogP contribution >= 0.6 is 0 Å². The molecule has 20 heavy (non-hydrogen) atoms. The Kier molecular flexibility index (Phi) is 4.99. The van der Waals surface area contributed by atoms with Crippen molar-refractivity contribution in [1.82, 2.24) is 9.88 Å². The minimum absolute atomic E-state index is 0.0149. The molecular weight excluding hydrogens is 252 g/mol. The van der Waals surface area contributed by atoms with E-state index in [0.717, 1.165) is 18.8 Å². The van der Waals surface area contributed by atoms with Crippen LogP contribution in [-0.4, -0.2) is 35.5 Å². The number of nitrogens with zero attached hydrogens (tertiary/aromatic N) is 2. The fourth-order valence-electron chi connectivity index (χ4n) is 2.79. The molecule has 4 heteroatoms. The van der Waals surface area contributed by atoms with Gasteiger partial charge in [0.05, 0.1) is 6.61 Å². The van der Waals surface area contributed by atoms with E-state index in [-0.39, 0.29) is 5.91 Å². The van der Waals surface area contributed by atoms with Crippen molar-refractivity contribution in [2.75, 3.05) is 13.7 Å². The zero-order chi connectivity index (χ0) is 14.5. The standard InChI is InChI=1S/C16H24N2O2/c1-4-20-15-14(6-5-11-17-15)16(19)18(3)13-9-7-12(2)8-10-13/h5-6,11-13H,4,7-10H2,1-3H3. The zero-order valence-corrected chi connectivity index (χ0v) is 12.6. The van der Waals surface area contributed by atoms with E-state index in [4.69, 9.17) is 4.74 Å². The molecule has 0 bridgehead atoms. The molecule has 1 saturated carbocycles. The third kappa shape index (κ3) is 3.30. The fourth-order valence-corrected chi connectivity index (χ4v) is 2.79. The Labute approximate surface area is 121 Å². The summed E-state index contributed by atoms with van der Waals surface area (Å²) in [5, 5.41) is 0. The monoisotopic (exact) mass is 276 g/mol. The van der Waals surface area contributed by atoms with Crippen molar-refractivity contribution < 1.29 is 9.53 Å². The highest BCUT2D eigenvalue weighted by atomic mass is 16.5. The summed E-state index contributed by atoms with van der Waals surface area (Å²) in [5.41, 5.74) is 0.565. The number of amides is 1. The number of aromatic nitrogens is 1. The van der Waals surface area contributed by atoms with Gasteiger partial charge >= 0.3 is 0 Å². The molecule has 0 atom stereocenters. The molecule has 1 heterocycles. The van der Waals surface area contributed by atoms with Crippen molar-refractivity contribution in [2.45, 2.75) is 45.6 Å². The maximum absolute atomic E-state index is 12.6. The summed E-state index contributed by atoms with van der Waals surface area (Å²) >= 11 is 0. The molecule has 0 radical (unpaired) electrons. The smallest absolute Gasteiger partial charge is 0.259 e. The highest BCUT2D eigenvalue weighted by Crippen LogP contribution is 2.28. The van der Waals surface area contributed by atoms with Crippen LogP contribution in [0.2, 0.25) is 0 Å². The van der Waals surface area contributed by atoms with Gasteiger partial charge in [-0.15, -0.1) is 0 Å². The van der Waals surface area contributed by atoms with Crippen LogP contribution in [0.25, 0.3) is 0 Å². The van der Waals surface area contributed by atoms with Gasteiger partial charge in [0.15, 0.2) is 0 Å². The van der Waals surface area contributed by atoms with Gasteiger partial charge < -0.3 is 9.64 Å². The van der Waals surface area contributed by atoms with Crippen LogP contribution in [-0.2, 0) is 0 Å². The number of hydrogen-bond donors (Lipinski definition) is 0. The van der Waals surface area contributed by atoms with E-state index in [1.165, 1.54) is 12.8 Å². The molecule has 1 aromatic rings. The molecule has 1 fully saturated rings. The maximum Gasteiger partial charge on any atom is 0.259 e. The summed E-state index contributed by atoms with van der Waals surface area (Å²) in [6, 6.07) is 3.92. The molecule has 4 nitrogen and oxygen atoms in total. The SMILES string of the molecule is CCOc1ncccc1C(=O)N(C)C1CCC(C)CC1. The largest absolute Gasteiger partial charge is 0.477 e. The predicted octanol–water partition coefficient (Wildman–Crippen LogP) is 3.13. The van der Waals surface area contributed by atoms with Crippen LogP contribution < -0.4 is 4.74 Å². The Bertz CT molecular complexity index is 454. The average molecular weight is 276 g/mol. The molecule has 110 valence electrons. The number of carbonyl (C=O) groups is 1. The Hall–Kier alpha value is -1.58. The van der Waals surface area contributed by atoms with Crippen molar-refractivity contribution in [3.05, 3.63) is 23.9 Å². The first kappa shape index (κ1) is 14.8. The fraction of sp³-hybridized carbons (Fsp3) is 0.625. The summed E-state index contributed by atoms with van der Waals surface area (Å²) in [6.07, 6.45) is 6.24. The summed E-state index contributed by atoms with van der Waals surface area (Å²) in [7, 11) is 1.89. The van der Waals surface area contributed by atoms with E-state index in [1.54, 1.807) is 18.3 Å². The topological polar surface area (TPSA) is 42.4 Å². The van der Waals surface area contributed by atoms with Crippen LogP contribution in [0.5, 0.6) is 5.88 Å². The third-order valence-corrected chi connectivity index (χ3v) is 4.14. The molecule has 0 aromatic carbocycles. The minimum Gasteiger partial charge on any atom is -0.477 e. The normalized spacial score (nSPS) is 22.4. The second-order valence-corrected chi connectivity index (χ2v) is 5.62. The van der Waals surface area contributed by atoms with Crippen molar-refractivity contribution >= 4 is 5.91 Å². The second-order valence-electron chi connectivity index (χ2n) is 5.62. The Morgan fingerprint density at radius 1 is 1.40 bits per heavy atom. The summed E-state index contributed by atoms with van der Waals surface area (Å²) in [4.78, 5) is 18.7. The van der Waals surface area contributed by atoms with Gasteiger partial charge in [-0.05, 0) is 50.7 Å². The lowest BCUT2D eigenvalue weighted by molar-refractivity contribution is 0.0674. The Balaban J connectivity index is 2.10. The van der Waals surface area contributed by atoms with E-state index in [0.29, 0.717) is 24.1 Å². The molecule has 0 unspecified atom stereocenters. The molecule has 0 aliphatic heterocycles. The molecule has 0 saturated heterocycles. The van der Waals surface area contributed by atoms with Crippen molar-refractivity contribution in [1.29, 1.82) is 0 Å². The lowest BCUT2D eigenvalue weighted by Crippen LogP contribution is -2.39. The number of hydrogen-bond acceptors (Lipinski definition) is 3. The van der Waals surface area contributed by atoms with Gasteiger partial charge in [-0.2, -0.15) is 0 Å². The number of carbonyl (C=O) groups excluding carboxylic acids is 1.